The molecule has 0 aliphatic carbocycles. The van der Waals surface area contributed by atoms with Crippen LogP contribution in [0, 0.1) is 5.92 Å². The number of rotatable bonds is 5. The van der Waals surface area contributed by atoms with Gasteiger partial charge >= 0.3 is 5.97 Å². The van der Waals surface area contributed by atoms with Gasteiger partial charge in [0.25, 0.3) is 0 Å². The highest BCUT2D eigenvalue weighted by atomic mass is 79.9. The molecule has 3 nitrogen and oxygen atoms in total. The van der Waals surface area contributed by atoms with Crippen LogP contribution in [0.4, 0.5) is 0 Å². The van der Waals surface area contributed by atoms with E-state index in [1.165, 1.54) is 0 Å². The molecule has 0 radical (unpaired) electrons. The molecule has 1 atom stereocenters. The molecule has 0 aromatic heterocycles. The Morgan fingerprint density at radius 3 is 2.53 bits per heavy atom. The summed E-state index contributed by atoms with van der Waals surface area (Å²) in [4.78, 5) is 11.5. The number of halogens is 1. The molecular weight excluding hydrogens is 282 g/mol. The number of hydrogen-bond acceptors (Lipinski definition) is 2. The Balaban J connectivity index is 3.08. The van der Waals surface area contributed by atoms with E-state index in [9.17, 15) is 9.90 Å². The maximum absolute atomic E-state index is 11.5. The van der Waals surface area contributed by atoms with Gasteiger partial charge < -0.3 is 5.11 Å². The van der Waals surface area contributed by atoms with E-state index in [1.807, 2.05) is 24.3 Å². The molecule has 0 fully saturated rings. The highest BCUT2D eigenvalue weighted by Gasteiger charge is 2.36. The van der Waals surface area contributed by atoms with E-state index in [2.05, 4.69) is 35.1 Å². The predicted molar refractivity (Wildman–Crippen MR) is 72.0 cm³/mol. The van der Waals surface area contributed by atoms with Crippen molar-refractivity contribution in [1.82, 2.24) is 5.32 Å². The Bertz CT molecular complexity index is 406. The maximum Gasteiger partial charge on any atom is 0.328 e. The lowest BCUT2D eigenvalue weighted by atomic mass is 9.91. The van der Waals surface area contributed by atoms with Crippen LogP contribution in [0.2, 0.25) is 0 Å². The fourth-order valence-electron chi connectivity index (χ4n) is 1.56. The molecule has 0 aliphatic rings. The molecule has 0 bridgehead atoms. The van der Waals surface area contributed by atoms with Crippen molar-refractivity contribution in [2.24, 2.45) is 5.92 Å². The zero-order valence-electron chi connectivity index (χ0n) is 10.3. The number of carboxylic acids is 1. The average molecular weight is 300 g/mol. The molecule has 17 heavy (non-hydrogen) atoms. The first kappa shape index (κ1) is 14.2. The van der Waals surface area contributed by atoms with Crippen molar-refractivity contribution >= 4 is 21.9 Å². The Hall–Kier alpha value is -0.870. The van der Waals surface area contributed by atoms with Gasteiger partial charge in [0.1, 0.15) is 5.54 Å². The van der Waals surface area contributed by atoms with Gasteiger partial charge in [0.15, 0.2) is 0 Å². The minimum absolute atomic E-state index is 0.399. The van der Waals surface area contributed by atoms with Crippen molar-refractivity contribution in [2.45, 2.75) is 26.3 Å². The Morgan fingerprint density at radius 2 is 2.06 bits per heavy atom. The van der Waals surface area contributed by atoms with Gasteiger partial charge in [0.2, 0.25) is 0 Å². The number of carboxylic acid groups (broad SMARTS) is 1. The van der Waals surface area contributed by atoms with E-state index in [4.69, 9.17) is 0 Å². The highest BCUT2D eigenvalue weighted by molar-refractivity contribution is 9.10. The van der Waals surface area contributed by atoms with Crippen molar-refractivity contribution in [3.8, 4) is 0 Å². The third-order valence-electron chi connectivity index (χ3n) is 2.70. The van der Waals surface area contributed by atoms with Gasteiger partial charge in [-0.15, -0.1) is 0 Å². The molecule has 0 amide bonds. The largest absolute Gasteiger partial charge is 0.480 e. The Labute approximate surface area is 110 Å². The highest BCUT2D eigenvalue weighted by Crippen LogP contribution is 2.28. The molecule has 1 unspecified atom stereocenters. The van der Waals surface area contributed by atoms with Gasteiger partial charge in [0.05, 0.1) is 0 Å². The summed E-state index contributed by atoms with van der Waals surface area (Å²) in [6.45, 7) is 6.45. The van der Waals surface area contributed by atoms with Crippen LogP contribution in [-0.4, -0.2) is 17.6 Å². The van der Waals surface area contributed by atoms with E-state index in [1.54, 1.807) is 6.92 Å². The van der Waals surface area contributed by atoms with Crippen molar-refractivity contribution in [3.05, 3.63) is 34.3 Å². The van der Waals surface area contributed by atoms with Crippen molar-refractivity contribution in [1.29, 1.82) is 0 Å². The summed E-state index contributed by atoms with van der Waals surface area (Å²) in [5.74, 6) is -0.471. The number of benzene rings is 1. The third-order valence-corrected chi connectivity index (χ3v) is 3.40. The summed E-state index contributed by atoms with van der Waals surface area (Å²) in [7, 11) is 0. The van der Waals surface area contributed by atoms with E-state index in [0.717, 1.165) is 10.0 Å². The Morgan fingerprint density at radius 1 is 1.47 bits per heavy atom. The van der Waals surface area contributed by atoms with Crippen LogP contribution in [0.25, 0.3) is 0 Å². The number of nitrogens with one attached hydrogen (secondary N) is 1. The van der Waals surface area contributed by atoms with E-state index < -0.39 is 11.5 Å². The smallest absolute Gasteiger partial charge is 0.328 e. The molecular formula is C13H18BrNO2. The summed E-state index contributed by atoms with van der Waals surface area (Å²) in [5.41, 5.74) is -0.321. The molecule has 1 aromatic carbocycles. The zero-order chi connectivity index (χ0) is 13.1. The van der Waals surface area contributed by atoms with Crippen LogP contribution in [0.15, 0.2) is 28.7 Å². The number of carbonyl (C=O) groups is 1. The monoisotopic (exact) mass is 299 g/mol. The molecule has 0 aliphatic heterocycles. The molecule has 0 saturated heterocycles. The first-order valence-corrected chi connectivity index (χ1v) is 6.40. The van der Waals surface area contributed by atoms with E-state index >= 15 is 0 Å². The van der Waals surface area contributed by atoms with Crippen LogP contribution in [0.5, 0.6) is 0 Å². The zero-order valence-corrected chi connectivity index (χ0v) is 11.9. The van der Waals surface area contributed by atoms with Crippen molar-refractivity contribution in [2.75, 3.05) is 6.54 Å². The number of aliphatic carboxylic acids is 1. The summed E-state index contributed by atoms with van der Waals surface area (Å²) < 4.78 is 0.807. The quantitative estimate of drug-likeness (QED) is 0.879. The first-order valence-electron chi connectivity index (χ1n) is 5.61. The predicted octanol–water partition coefficient (Wildman–Crippen LogP) is 2.99. The minimum Gasteiger partial charge on any atom is -0.480 e. The SMILES string of the molecule is CC(C)CNC(C)(C(=O)O)c1ccccc1Br. The van der Waals surface area contributed by atoms with Gasteiger partial charge in [-0.3, -0.25) is 5.32 Å². The van der Waals surface area contributed by atoms with Gasteiger partial charge in [-0.1, -0.05) is 48.0 Å². The molecule has 0 spiro atoms. The third kappa shape index (κ3) is 3.30. The fraction of sp³-hybridized carbons (Fsp3) is 0.462. The van der Waals surface area contributed by atoms with Crippen molar-refractivity contribution in [3.63, 3.8) is 0 Å². The first-order chi connectivity index (χ1) is 7.88. The topological polar surface area (TPSA) is 49.3 Å². The van der Waals surface area contributed by atoms with Crippen LogP contribution in [-0.2, 0) is 10.3 Å². The fourth-order valence-corrected chi connectivity index (χ4v) is 2.24. The maximum atomic E-state index is 11.5. The summed E-state index contributed by atoms with van der Waals surface area (Å²) in [5, 5.41) is 12.6. The second-order valence-corrected chi connectivity index (χ2v) is 5.54. The standard InChI is InChI=1S/C13H18BrNO2/c1-9(2)8-15-13(3,12(16)17)10-6-4-5-7-11(10)14/h4-7,9,15H,8H2,1-3H3,(H,16,17). The summed E-state index contributed by atoms with van der Waals surface area (Å²) in [6, 6.07) is 7.40. The lowest BCUT2D eigenvalue weighted by Crippen LogP contribution is -2.48. The van der Waals surface area contributed by atoms with Gasteiger partial charge in [0, 0.05) is 4.47 Å². The van der Waals surface area contributed by atoms with Gasteiger partial charge in [-0.25, -0.2) is 4.79 Å². The molecule has 2 N–H and O–H groups in total. The minimum atomic E-state index is -1.07. The van der Waals surface area contributed by atoms with Gasteiger partial charge in [-0.2, -0.15) is 0 Å². The second-order valence-electron chi connectivity index (χ2n) is 4.68. The van der Waals surface area contributed by atoms with E-state index in [-0.39, 0.29) is 0 Å². The number of hydrogen-bond donors (Lipinski definition) is 2. The van der Waals surface area contributed by atoms with Crippen LogP contribution >= 0.6 is 15.9 Å². The summed E-state index contributed by atoms with van der Waals surface area (Å²) >= 11 is 3.40. The average Bonchev–Trinajstić information content (AvgIpc) is 2.26. The Kier molecular flexibility index (Phi) is 4.71. The van der Waals surface area contributed by atoms with Crippen LogP contribution in [0.3, 0.4) is 0 Å². The lowest BCUT2D eigenvalue weighted by molar-refractivity contribution is -0.144. The lowest BCUT2D eigenvalue weighted by Gasteiger charge is -2.28. The van der Waals surface area contributed by atoms with Crippen molar-refractivity contribution < 1.29 is 9.90 Å². The molecule has 4 heteroatoms. The molecule has 0 saturated carbocycles. The van der Waals surface area contributed by atoms with Crippen LogP contribution < -0.4 is 5.32 Å². The van der Waals surface area contributed by atoms with Gasteiger partial charge in [-0.05, 0) is 31.0 Å². The molecule has 0 heterocycles. The molecule has 1 aromatic rings. The van der Waals surface area contributed by atoms with E-state index in [0.29, 0.717) is 12.5 Å². The second kappa shape index (κ2) is 5.65. The molecule has 1 rings (SSSR count). The molecule has 94 valence electrons. The van der Waals surface area contributed by atoms with Crippen LogP contribution in [0.1, 0.15) is 26.3 Å². The normalized spacial score (nSPS) is 14.6. The summed E-state index contributed by atoms with van der Waals surface area (Å²) in [6.07, 6.45) is 0.